The molecule has 0 amide bonds. The molecule has 21 heavy (non-hydrogen) atoms. The Morgan fingerprint density at radius 3 is 2.62 bits per heavy atom. The number of hydrogen-bond donors (Lipinski definition) is 1. The number of carbonyl (C=O) groups is 1. The van der Waals surface area contributed by atoms with Gasteiger partial charge in [-0.2, -0.15) is 0 Å². The molecule has 1 N–H and O–H groups in total. The third kappa shape index (κ3) is 2.50. The van der Waals surface area contributed by atoms with Gasteiger partial charge in [0.15, 0.2) is 5.58 Å². The number of rotatable bonds is 3. The van der Waals surface area contributed by atoms with E-state index in [2.05, 4.69) is 5.16 Å². The van der Waals surface area contributed by atoms with E-state index in [0.717, 1.165) is 16.6 Å². The maximum Gasteiger partial charge on any atom is 0.310 e. The predicted molar refractivity (Wildman–Crippen MR) is 80.5 cm³/mol. The second kappa shape index (κ2) is 5.22. The number of aromatic nitrogens is 1. The largest absolute Gasteiger partial charge is 0.481 e. The van der Waals surface area contributed by atoms with Gasteiger partial charge in [0, 0.05) is 16.0 Å². The molecule has 0 saturated carbocycles. The quantitative estimate of drug-likeness (QED) is 0.781. The number of carboxylic acids is 1. The maximum atomic E-state index is 11.0. The molecular formula is C16H12ClNO3. The second-order valence-corrected chi connectivity index (χ2v) is 5.29. The van der Waals surface area contributed by atoms with Gasteiger partial charge in [-0.15, -0.1) is 0 Å². The molecule has 106 valence electrons. The molecule has 0 aliphatic carbocycles. The molecule has 1 atom stereocenters. The molecule has 0 spiro atoms. The van der Waals surface area contributed by atoms with Crippen LogP contribution >= 0.6 is 11.6 Å². The van der Waals surface area contributed by atoms with Gasteiger partial charge in [0.2, 0.25) is 0 Å². The minimum Gasteiger partial charge on any atom is -0.481 e. The van der Waals surface area contributed by atoms with E-state index in [9.17, 15) is 4.79 Å². The van der Waals surface area contributed by atoms with E-state index < -0.39 is 11.9 Å². The standard InChI is InChI=1S/C16H12ClNO3/c1-9(16(19)20)11-4-7-13-14(8-11)21-18-15(13)10-2-5-12(17)6-3-10/h2-9H,1H3,(H,19,20)/t9-/m0/s1. The van der Waals surface area contributed by atoms with Crippen molar-refractivity contribution in [2.45, 2.75) is 12.8 Å². The molecule has 0 aliphatic rings. The molecule has 0 saturated heterocycles. The average Bonchev–Trinajstić information content (AvgIpc) is 2.90. The SMILES string of the molecule is C[C@H](C(=O)O)c1ccc2c(-c3ccc(Cl)cc3)noc2c1. The monoisotopic (exact) mass is 301 g/mol. The Morgan fingerprint density at radius 2 is 1.95 bits per heavy atom. The zero-order valence-electron chi connectivity index (χ0n) is 11.2. The topological polar surface area (TPSA) is 63.3 Å². The van der Waals surface area contributed by atoms with Gasteiger partial charge in [-0.25, -0.2) is 0 Å². The lowest BCUT2D eigenvalue weighted by atomic mass is 9.99. The first-order valence-corrected chi connectivity index (χ1v) is 6.82. The van der Waals surface area contributed by atoms with E-state index in [1.54, 1.807) is 31.2 Å². The van der Waals surface area contributed by atoms with Crippen molar-refractivity contribution in [1.29, 1.82) is 0 Å². The Hall–Kier alpha value is -2.33. The minimum atomic E-state index is -0.869. The van der Waals surface area contributed by atoms with Crippen molar-refractivity contribution in [3.63, 3.8) is 0 Å². The first-order valence-electron chi connectivity index (χ1n) is 6.44. The van der Waals surface area contributed by atoms with E-state index in [-0.39, 0.29) is 0 Å². The molecule has 0 unspecified atom stereocenters. The minimum absolute atomic E-state index is 0.575. The van der Waals surface area contributed by atoms with E-state index in [4.69, 9.17) is 21.2 Å². The summed E-state index contributed by atoms with van der Waals surface area (Å²) < 4.78 is 5.33. The summed E-state index contributed by atoms with van der Waals surface area (Å²) >= 11 is 5.88. The molecule has 5 heteroatoms. The lowest BCUT2D eigenvalue weighted by Gasteiger charge is -2.05. The number of carboxylic acid groups (broad SMARTS) is 1. The first-order chi connectivity index (χ1) is 10.1. The first kappa shape index (κ1) is 13.6. The van der Waals surface area contributed by atoms with Crippen LogP contribution in [0, 0.1) is 0 Å². The molecule has 2 aromatic carbocycles. The van der Waals surface area contributed by atoms with Gasteiger partial charge in [0.25, 0.3) is 0 Å². The number of fused-ring (bicyclic) bond motifs is 1. The predicted octanol–water partition coefficient (Wildman–Crippen LogP) is 4.34. The Kier molecular flexibility index (Phi) is 3.39. The summed E-state index contributed by atoms with van der Waals surface area (Å²) in [5.41, 5.74) is 2.88. The summed E-state index contributed by atoms with van der Waals surface area (Å²) in [6.07, 6.45) is 0. The van der Waals surface area contributed by atoms with Crippen LogP contribution in [0.2, 0.25) is 5.02 Å². The van der Waals surface area contributed by atoms with Gasteiger partial charge >= 0.3 is 5.97 Å². The maximum absolute atomic E-state index is 11.0. The molecule has 0 bridgehead atoms. The van der Waals surface area contributed by atoms with Gasteiger partial charge < -0.3 is 9.63 Å². The summed E-state index contributed by atoms with van der Waals surface area (Å²) in [5.74, 6) is -1.45. The Balaban J connectivity index is 2.07. The van der Waals surface area contributed by atoms with Gasteiger partial charge in [-0.05, 0) is 36.8 Å². The molecule has 3 aromatic rings. The summed E-state index contributed by atoms with van der Waals surface area (Å²) in [4.78, 5) is 11.0. The second-order valence-electron chi connectivity index (χ2n) is 4.85. The zero-order chi connectivity index (χ0) is 15.0. The number of hydrogen-bond acceptors (Lipinski definition) is 3. The van der Waals surface area contributed by atoms with Gasteiger partial charge in [-0.3, -0.25) is 4.79 Å². The zero-order valence-corrected chi connectivity index (χ0v) is 12.0. The number of benzene rings is 2. The van der Waals surface area contributed by atoms with E-state index >= 15 is 0 Å². The highest BCUT2D eigenvalue weighted by Gasteiger charge is 2.17. The van der Waals surface area contributed by atoms with Crippen LogP contribution in [0.15, 0.2) is 47.0 Å². The Labute approximate surface area is 125 Å². The highest BCUT2D eigenvalue weighted by atomic mass is 35.5. The van der Waals surface area contributed by atoms with Crippen molar-refractivity contribution in [2.75, 3.05) is 0 Å². The fourth-order valence-corrected chi connectivity index (χ4v) is 2.31. The lowest BCUT2D eigenvalue weighted by molar-refractivity contribution is -0.138. The van der Waals surface area contributed by atoms with Crippen LogP contribution in [-0.4, -0.2) is 16.2 Å². The van der Waals surface area contributed by atoms with Crippen molar-refractivity contribution in [1.82, 2.24) is 5.16 Å². The van der Waals surface area contributed by atoms with Gasteiger partial charge in [0.1, 0.15) is 5.69 Å². The summed E-state index contributed by atoms with van der Waals surface area (Å²) in [6, 6.07) is 12.7. The van der Waals surface area contributed by atoms with Crippen molar-refractivity contribution in [3.05, 3.63) is 53.1 Å². The van der Waals surface area contributed by atoms with Crippen LogP contribution in [-0.2, 0) is 4.79 Å². The fraction of sp³-hybridized carbons (Fsp3) is 0.125. The van der Waals surface area contributed by atoms with Crippen LogP contribution in [0.25, 0.3) is 22.2 Å². The molecular weight excluding hydrogens is 290 g/mol. The van der Waals surface area contributed by atoms with Gasteiger partial charge in [0.05, 0.1) is 5.92 Å². The van der Waals surface area contributed by atoms with Crippen LogP contribution in [0.1, 0.15) is 18.4 Å². The van der Waals surface area contributed by atoms with Crippen LogP contribution in [0.3, 0.4) is 0 Å². The van der Waals surface area contributed by atoms with E-state index in [1.165, 1.54) is 0 Å². The smallest absolute Gasteiger partial charge is 0.310 e. The molecule has 0 aliphatic heterocycles. The van der Waals surface area contributed by atoms with E-state index in [1.807, 2.05) is 18.2 Å². The third-order valence-electron chi connectivity index (χ3n) is 3.48. The van der Waals surface area contributed by atoms with Crippen molar-refractivity contribution in [3.8, 4) is 11.3 Å². The molecule has 4 nitrogen and oxygen atoms in total. The summed E-state index contributed by atoms with van der Waals surface area (Å²) in [6.45, 7) is 1.64. The summed E-state index contributed by atoms with van der Waals surface area (Å²) in [7, 11) is 0. The van der Waals surface area contributed by atoms with Crippen LogP contribution in [0.4, 0.5) is 0 Å². The lowest BCUT2D eigenvalue weighted by Crippen LogP contribution is -2.06. The number of nitrogens with zero attached hydrogens (tertiary/aromatic N) is 1. The average molecular weight is 302 g/mol. The normalized spacial score (nSPS) is 12.5. The van der Waals surface area contributed by atoms with Crippen molar-refractivity contribution < 1.29 is 14.4 Å². The number of aliphatic carboxylic acids is 1. The fourth-order valence-electron chi connectivity index (χ4n) is 2.18. The highest BCUT2D eigenvalue weighted by molar-refractivity contribution is 6.30. The van der Waals surface area contributed by atoms with Crippen molar-refractivity contribution in [2.24, 2.45) is 0 Å². The molecule has 1 aromatic heterocycles. The molecule has 1 heterocycles. The van der Waals surface area contributed by atoms with Crippen LogP contribution in [0.5, 0.6) is 0 Å². The molecule has 0 fully saturated rings. The third-order valence-corrected chi connectivity index (χ3v) is 3.74. The number of halogens is 1. The highest BCUT2D eigenvalue weighted by Crippen LogP contribution is 2.30. The Bertz CT molecular complexity index is 808. The van der Waals surface area contributed by atoms with Gasteiger partial charge in [-0.1, -0.05) is 35.0 Å². The molecule has 0 radical (unpaired) electrons. The van der Waals surface area contributed by atoms with E-state index in [0.29, 0.717) is 16.2 Å². The Morgan fingerprint density at radius 1 is 1.24 bits per heavy atom. The van der Waals surface area contributed by atoms with Crippen molar-refractivity contribution >= 4 is 28.5 Å². The molecule has 3 rings (SSSR count). The summed E-state index contributed by atoms with van der Waals surface area (Å²) in [5, 5.41) is 14.6. The van der Waals surface area contributed by atoms with Crippen LogP contribution < -0.4 is 0 Å².